The molecule has 116 valence electrons. The van der Waals surface area contributed by atoms with Crippen LogP contribution < -0.4 is 0 Å². The smallest absolute Gasteiger partial charge is 0.410 e. The summed E-state index contributed by atoms with van der Waals surface area (Å²) in [5.74, 6) is 0.277. The standard InChI is InChI=1S/C14H25ClN2O3/c1-14(2,3)20-13(19)16(4)9-11-6-5-7-17(10-11)12(18)8-15/h11H,5-10H2,1-4H3. The molecule has 1 saturated heterocycles. The summed E-state index contributed by atoms with van der Waals surface area (Å²) < 4.78 is 5.32. The zero-order valence-corrected chi connectivity index (χ0v) is 13.6. The van der Waals surface area contributed by atoms with Crippen LogP contribution >= 0.6 is 11.6 Å². The first-order valence-electron chi connectivity index (χ1n) is 7.01. The van der Waals surface area contributed by atoms with Gasteiger partial charge in [0.2, 0.25) is 5.91 Å². The van der Waals surface area contributed by atoms with Crippen molar-refractivity contribution in [2.45, 2.75) is 39.2 Å². The minimum atomic E-state index is -0.488. The second-order valence-corrected chi connectivity index (χ2v) is 6.61. The molecule has 1 fully saturated rings. The highest BCUT2D eigenvalue weighted by molar-refractivity contribution is 6.27. The second kappa shape index (κ2) is 7.16. The molecule has 1 aliphatic rings. The lowest BCUT2D eigenvalue weighted by atomic mass is 9.97. The quantitative estimate of drug-likeness (QED) is 0.752. The molecule has 1 rings (SSSR count). The fourth-order valence-corrected chi connectivity index (χ4v) is 2.50. The Bertz CT molecular complexity index is 355. The van der Waals surface area contributed by atoms with Gasteiger partial charge in [-0.25, -0.2) is 4.79 Å². The van der Waals surface area contributed by atoms with Gasteiger partial charge in [-0.1, -0.05) is 0 Å². The zero-order chi connectivity index (χ0) is 15.3. The van der Waals surface area contributed by atoms with Crippen molar-refractivity contribution in [1.82, 2.24) is 9.80 Å². The van der Waals surface area contributed by atoms with Crippen molar-refractivity contribution < 1.29 is 14.3 Å². The maximum absolute atomic E-state index is 11.9. The Morgan fingerprint density at radius 3 is 2.60 bits per heavy atom. The lowest BCUT2D eigenvalue weighted by Gasteiger charge is -2.34. The number of halogens is 1. The van der Waals surface area contributed by atoms with Crippen molar-refractivity contribution in [3.8, 4) is 0 Å². The average Bonchev–Trinajstić information content (AvgIpc) is 2.36. The molecule has 6 heteroatoms. The largest absolute Gasteiger partial charge is 0.444 e. The number of amides is 2. The Balaban J connectivity index is 2.47. The first-order valence-corrected chi connectivity index (χ1v) is 7.54. The lowest BCUT2D eigenvalue weighted by Crippen LogP contribution is -2.45. The third-order valence-electron chi connectivity index (χ3n) is 3.22. The molecule has 20 heavy (non-hydrogen) atoms. The summed E-state index contributed by atoms with van der Waals surface area (Å²) in [6.45, 7) is 7.57. The topological polar surface area (TPSA) is 49.9 Å². The number of likely N-dealkylation sites (tertiary alicyclic amines) is 1. The number of rotatable bonds is 3. The minimum Gasteiger partial charge on any atom is -0.444 e. The molecule has 0 spiro atoms. The Labute approximate surface area is 126 Å². The van der Waals surface area contributed by atoms with Gasteiger partial charge < -0.3 is 14.5 Å². The molecule has 0 aromatic carbocycles. The second-order valence-electron chi connectivity index (χ2n) is 6.34. The van der Waals surface area contributed by atoms with E-state index < -0.39 is 5.60 Å². The molecule has 0 bridgehead atoms. The third kappa shape index (κ3) is 5.57. The van der Waals surface area contributed by atoms with Crippen molar-refractivity contribution in [3.63, 3.8) is 0 Å². The minimum absolute atomic E-state index is 0.0224. The van der Waals surface area contributed by atoms with Crippen molar-refractivity contribution in [2.75, 3.05) is 32.6 Å². The highest BCUT2D eigenvalue weighted by Crippen LogP contribution is 2.18. The van der Waals surface area contributed by atoms with Crippen LogP contribution in [0.25, 0.3) is 0 Å². The van der Waals surface area contributed by atoms with Crippen molar-refractivity contribution >= 4 is 23.6 Å². The number of nitrogens with zero attached hydrogens (tertiary/aromatic N) is 2. The Morgan fingerprint density at radius 2 is 2.05 bits per heavy atom. The fourth-order valence-electron chi connectivity index (χ4n) is 2.33. The van der Waals surface area contributed by atoms with E-state index in [4.69, 9.17) is 16.3 Å². The van der Waals surface area contributed by atoms with Crippen LogP contribution in [0.4, 0.5) is 4.79 Å². The summed E-state index contributed by atoms with van der Waals surface area (Å²) in [4.78, 5) is 26.9. The Morgan fingerprint density at radius 1 is 1.40 bits per heavy atom. The first kappa shape index (κ1) is 17.1. The molecule has 2 amide bonds. The number of piperidine rings is 1. The van der Waals surface area contributed by atoms with Crippen LogP contribution in [0.15, 0.2) is 0 Å². The molecule has 1 heterocycles. The molecular formula is C14H25ClN2O3. The maximum atomic E-state index is 11.9. The summed E-state index contributed by atoms with van der Waals surface area (Å²) in [6.07, 6.45) is 1.65. The molecule has 0 aromatic heterocycles. The van der Waals surface area contributed by atoms with Gasteiger partial charge in [-0.15, -0.1) is 11.6 Å². The fraction of sp³-hybridized carbons (Fsp3) is 0.857. The molecule has 0 aliphatic carbocycles. The third-order valence-corrected chi connectivity index (χ3v) is 3.45. The van der Waals surface area contributed by atoms with Crippen LogP contribution in [0.5, 0.6) is 0 Å². The normalized spacial score (nSPS) is 19.6. The van der Waals surface area contributed by atoms with Crippen LogP contribution in [0.2, 0.25) is 0 Å². The number of alkyl halides is 1. The molecular weight excluding hydrogens is 280 g/mol. The van der Waals surface area contributed by atoms with E-state index in [9.17, 15) is 9.59 Å². The van der Waals surface area contributed by atoms with E-state index >= 15 is 0 Å². The van der Waals surface area contributed by atoms with Crippen LogP contribution in [0.3, 0.4) is 0 Å². The van der Waals surface area contributed by atoms with Gasteiger partial charge in [0.05, 0.1) is 0 Å². The molecule has 5 nitrogen and oxygen atoms in total. The van der Waals surface area contributed by atoms with E-state index in [-0.39, 0.29) is 23.8 Å². The lowest BCUT2D eigenvalue weighted by molar-refractivity contribution is -0.130. The molecule has 1 atom stereocenters. The van der Waals surface area contributed by atoms with E-state index in [1.165, 1.54) is 0 Å². The maximum Gasteiger partial charge on any atom is 0.410 e. The van der Waals surface area contributed by atoms with E-state index in [0.717, 1.165) is 19.4 Å². The SMILES string of the molecule is CN(CC1CCCN(C(=O)CCl)C1)C(=O)OC(C)(C)C. The molecule has 0 radical (unpaired) electrons. The number of ether oxygens (including phenoxy) is 1. The summed E-state index contributed by atoms with van der Waals surface area (Å²) in [6, 6.07) is 0. The predicted molar refractivity (Wildman–Crippen MR) is 78.9 cm³/mol. The molecule has 0 aromatic rings. The van der Waals surface area contributed by atoms with E-state index in [0.29, 0.717) is 13.1 Å². The van der Waals surface area contributed by atoms with Crippen LogP contribution in [-0.4, -0.2) is 60.0 Å². The zero-order valence-electron chi connectivity index (χ0n) is 12.8. The summed E-state index contributed by atoms with van der Waals surface area (Å²) in [5, 5.41) is 0. The van der Waals surface area contributed by atoms with Gasteiger partial charge in [-0.3, -0.25) is 4.79 Å². The number of carbonyl (C=O) groups excluding carboxylic acids is 2. The van der Waals surface area contributed by atoms with Crippen LogP contribution in [-0.2, 0) is 9.53 Å². The summed E-state index contributed by atoms with van der Waals surface area (Å²) in [7, 11) is 1.73. The van der Waals surface area contributed by atoms with E-state index in [1.807, 2.05) is 20.8 Å². The van der Waals surface area contributed by atoms with Gasteiger partial charge in [0.15, 0.2) is 0 Å². The summed E-state index contributed by atoms with van der Waals surface area (Å²) in [5.41, 5.74) is -0.488. The van der Waals surface area contributed by atoms with Gasteiger partial charge in [-0.2, -0.15) is 0 Å². The molecule has 1 unspecified atom stereocenters. The van der Waals surface area contributed by atoms with Crippen molar-refractivity contribution in [2.24, 2.45) is 5.92 Å². The monoisotopic (exact) mass is 304 g/mol. The molecule has 0 saturated carbocycles. The van der Waals surface area contributed by atoms with Crippen LogP contribution in [0, 0.1) is 5.92 Å². The van der Waals surface area contributed by atoms with Crippen molar-refractivity contribution in [1.29, 1.82) is 0 Å². The van der Waals surface area contributed by atoms with Crippen molar-refractivity contribution in [3.05, 3.63) is 0 Å². The van der Waals surface area contributed by atoms with E-state index in [1.54, 1.807) is 16.8 Å². The predicted octanol–water partition coefficient (Wildman–Crippen LogP) is 2.33. The number of hydrogen-bond donors (Lipinski definition) is 0. The molecule has 0 N–H and O–H groups in total. The number of hydrogen-bond acceptors (Lipinski definition) is 3. The Hall–Kier alpha value is -0.970. The van der Waals surface area contributed by atoms with Gasteiger partial charge in [0.1, 0.15) is 11.5 Å². The van der Waals surface area contributed by atoms with E-state index in [2.05, 4.69) is 0 Å². The Kier molecular flexibility index (Phi) is 6.11. The highest BCUT2D eigenvalue weighted by atomic mass is 35.5. The highest BCUT2D eigenvalue weighted by Gasteiger charge is 2.26. The number of carbonyl (C=O) groups is 2. The summed E-state index contributed by atoms with van der Waals surface area (Å²) >= 11 is 5.59. The van der Waals surface area contributed by atoms with Gasteiger partial charge in [0.25, 0.3) is 0 Å². The first-order chi connectivity index (χ1) is 9.23. The molecule has 1 aliphatic heterocycles. The average molecular weight is 305 g/mol. The van der Waals surface area contributed by atoms with Gasteiger partial charge in [-0.05, 0) is 39.5 Å². The van der Waals surface area contributed by atoms with Gasteiger partial charge in [0, 0.05) is 26.7 Å². The van der Waals surface area contributed by atoms with Crippen LogP contribution in [0.1, 0.15) is 33.6 Å². The van der Waals surface area contributed by atoms with Gasteiger partial charge >= 0.3 is 6.09 Å².